The highest BCUT2D eigenvalue weighted by Gasteiger charge is 2.22. The topological polar surface area (TPSA) is 115 Å². The highest BCUT2D eigenvalue weighted by Crippen LogP contribution is 2.26. The van der Waals surface area contributed by atoms with Crippen LogP contribution in [0.2, 0.25) is 0 Å². The summed E-state index contributed by atoms with van der Waals surface area (Å²) >= 11 is 0. The zero-order chi connectivity index (χ0) is 28.1. The van der Waals surface area contributed by atoms with E-state index in [2.05, 4.69) is 40.2 Å². The molecule has 2 aromatic heterocycles. The van der Waals surface area contributed by atoms with Crippen LogP contribution in [0.4, 0.5) is 0 Å². The Hall–Kier alpha value is -3.59. The van der Waals surface area contributed by atoms with Gasteiger partial charge in [-0.2, -0.15) is 0 Å². The molecule has 0 bridgehead atoms. The fraction of sp³-hybridized carbons (Fsp3) is 0.312. The lowest BCUT2D eigenvalue weighted by atomic mass is 10.0. The summed E-state index contributed by atoms with van der Waals surface area (Å²) in [5, 5.41) is 11.6. The van der Waals surface area contributed by atoms with E-state index < -0.39 is 9.84 Å². The molecule has 1 saturated heterocycles. The van der Waals surface area contributed by atoms with Gasteiger partial charge in [0.2, 0.25) is 0 Å². The average molecular weight is 559 g/mol. The van der Waals surface area contributed by atoms with Crippen LogP contribution in [0, 0.1) is 0 Å². The lowest BCUT2D eigenvalue weighted by Crippen LogP contribution is -2.26. The van der Waals surface area contributed by atoms with E-state index >= 15 is 0 Å². The number of nitrogens with two attached hydrogens (primary N) is 1. The van der Waals surface area contributed by atoms with Gasteiger partial charge in [-0.1, -0.05) is 24.3 Å². The van der Waals surface area contributed by atoms with Crippen LogP contribution >= 0.6 is 0 Å². The maximum absolute atomic E-state index is 12.5. The molecule has 0 spiro atoms. The monoisotopic (exact) mass is 558 g/mol. The second-order valence-corrected chi connectivity index (χ2v) is 12.7. The fourth-order valence-electron chi connectivity index (χ4n) is 5.57. The van der Waals surface area contributed by atoms with Crippen molar-refractivity contribution in [1.29, 1.82) is 0 Å². The minimum atomic E-state index is -3.25. The van der Waals surface area contributed by atoms with Crippen molar-refractivity contribution in [2.45, 2.75) is 43.0 Å². The second-order valence-electron chi connectivity index (χ2n) is 10.6. The first-order valence-corrected chi connectivity index (χ1v) is 15.6. The summed E-state index contributed by atoms with van der Waals surface area (Å²) in [4.78, 5) is 9.34. The third-order valence-electron chi connectivity index (χ3n) is 7.89. The molecule has 0 aliphatic carbocycles. The number of likely N-dealkylation sites (N-methyl/N-ethyl adjacent to an activating group) is 1. The number of nitrogens with one attached hydrogen (secondary N) is 2. The molecular weight excluding hydrogens is 520 g/mol. The van der Waals surface area contributed by atoms with Crippen LogP contribution < -0.4 is 5.73 Å². The number of benzene rings is 3. The number of aryl methyl sites for hydroxylation is 1. The molecule has 5 aromatic rings. The molecule has 8 heteroatoms. The van der Waals surface area contributed by atoms with Crippen LogP contribution in [0.1, 0.15) is 29.5 Å². The standard InChI is InChI=1S/C22H26N2O2S.C10H12N2O/c1-24-12-5-6-19(24)15-18-16-23-22-10-9-17(14-21(18)22)11-13-27(25,26)20-7-3-2-4-8-20;11-4-3-7-6-12-10-2-1-8(13)5-9(7)10/h2-4,7-10,14,16,19,23H,5-6,11-13,15H2,1H3;1-2,5-6,12-13H,3-4,11H2/t19-;/m1./s1. The molecule has 7 nitrogen and oxygen atoms in total. The molecule has 40 heavy (non-hydrogen) atoms. The van der Waals surface area contributed by atoms with Gasteiger partial charge in [0.1, 0.15) is 5.75 Å². The van der Waals surface area contributed by atoms with Gasteiger partial charge in [-0.3, -0.25) is 0 Å². The predicted molar refractivity (Wildman–Crippen MR) is 163 cm³/mol. The van der Waals surface area contributed by atoms with E-state index in [-0.39, 0.29) is 5.75 Å². The number of fused-ring (bicyclic) bond motifs is 2. The van der Waals surface area contributed by atoms with Gasteiger partial charge in [-0.25, -0.2) is 8.42 Å². The summed E-state index contributed by atoms with van der Waals surface area (Å²) in [6.07, 6.45) is 8.98. The predicted octanol–water partition coefficient (Wildman–Crippen LogP) is 5.20. The SMILES string of the molecule is CN1CCC[C@@H]1Cc1c[nH]c2ccc(CCS(=O)(=O)c3ccccc3)cc12.NCCc1c[nH]c2ccc(O)cc12. The molecule has 3 heterocycles. The summed E-state index contributed by atoms with van der Waals surface area (Å²) in [7, 11) is -1.05. The van der Waals surface area contributed by atoms with Crippen LogP contribution in [-0.2, 0) is 29.1 Å². The Morgan fingerprint density at radius 1 is 0.925 bits per heavy atom. The van der Waals surface area contributed by atoms with E-state index in [9.17, 15) is 13.5 Å². The van der Waals surface area contributed by atoms with Gasteiger partial charge in [0, 0.05) is 40.2 Å². The van der Waals surface area contributed by atoms with Gasteiger partial charge in [-0.05, 0) is 111 Å². The first kappa shape index (κ1) is 28.0. The molecule has 0 radical (unpaired) electrons. The smallest absolute Gasteiger partial charge is 0.178 e. The van der Waals surface area contributed by atoms with Crippen molar-refractivity contribution < 1.29 is 13.5 Å². The largest absolute Gasteiger partial charge is 0.508 e. The van der Waals surface area contributed by atoms with Crippen molar-refractivity contribution in [2.75, 3.05) is 25.9 Å². The van der Waals surface area contributed by atoms with Crippen molar-refractivity contribution in [3.63, 3.8) is 0 Å². The highest BCUT2D eigenvalue weighted by atomic mass is 32.2. The molecule has 1 fully saturated rings. The zero-order valence-electron chi connectivity index (χ0n) is 22.9. The van der Waals surface area contributed by atoms with Crippen molar-refractivity contribution in [1.82, 2.24) is 14.9 Å². The minimum Gasteiger partial charge on any atom is -0.508 e. The number of likely N-dealkylation sites (tertiary alicyclic amines) is 1. The van der Waals surface area contributed by atoms with Crippen LogP contribution in [0.15, 0.2) is 84.0 Å². The van der Waals surface area contributed by atoms with Gasteiger partial charge in [0.05, 0.1) is 10.6 Å². The Kier molecular flexibility index (Phi) is 8.59. The number of phenols is 1. The van der Waals surface area contributed by atoms with Crippen molar-refractivity contribution >= 4 is 31.6 Å². The molecule has 210 valence electrons. The van der Waals surface area contributed by atoms with Crippen LogP contribution in [0.25, 0.3) is 21.8 Å². The number of H-pyrrole nitrogens is 2. The first-order chi connectivity index (χ1) is 19.3. The Balaban J connectivity index is 0.000000207. The van der Waals surface area contributed by atoms with E-state index in [1.54, 1.807) is 36.4 Å². The van der Waals surface area contributed by atoms with Crippen LogP contribution in [0.5, 0.6) is 5.75 Å². The van der Waals surface area contributed by atoms with Gasteiger partial charge in [0.25, 0.3) is 0 Å². The van der Waals surface area contributed by atoms with E-state index in [0.29, 0.717) is 29.7 Å². The molecule has 3 aromatic carbocycles. The zero-order valence-corrected chi connectivity index (χ0v) is 23.8. The van der Waals surface area contributed by atoms with Gasteiger partial charge in [0.15, 0.2) is 9.84 Å². The molecule has 0 saturated carbocycles. The number of hydrogen-bond acceptors (Lipinski definition) is 5. The molecule has 1 aliphatic heterocycles. The van der Waals surface area contributed by atoms with E-state index in [1.807, 2.05) is 24.4 Å². The molecule has 1 atom stereocenters. The van der Waals surface area contributed by atoms with Gasteiger partial charge >= 0.3 is 0 Å². The normalized spacial score (nSPS) is 15.9. The summed E-state index contributed by atoms with van der Waals surface area (Å²) in [6, 6.07) is 20.9. The number of sulfone groups is 1. The van der Waals surface area contributed by atoms with E-state index in [1.165, 1.54) is 30.3 Å². The number of rotatable bonds is 8. The number of aromatic amines is 2. The van der Waals surface area contributed by atoms with Gasteiger partial charge < -0.3 is 25.7 Å². The Labute approximate surface area is 235 Å². The summed E-state index contributed by atoms with van der Waals surface area (Å²) in [5.74, 6) is 0.429. The van der Waals surface area contributed by atoms with E-state index in [0.717, 1.165) is 40.4 Å². The minimum absolute atomic E-state index is 0.133. The molecule has 1 aliphatic rings. The Morgan fingerprint density at radius 2 is 1.62 bits per heavy atom. The van der Waals surface area contributed by atoms with Crippen molar-refractivity contribution in [3.05, 3.63) is 95.8 Å². The number of aromatic hydroxyl groups is 1. The Bertz CT molecular complexity index is 1670. The third-order valence-corrected chi connectivity index (χ3v) is 9.62. The summed E-state index contributed by atoms with van der Waals surface area (Å²) in [6.45, 7) is 1.80. The first-order valence-electron chi connectivity index (χ1n) is 13.9. The molecule has 6 rings (SSSR count). The lowest BCUT2D eigenvalue weighted by Gasteiger charge is -2.18. The number of hydrogen-bond donors (Lipinski definition) is 4. The van der Waals surface area contributed by atoms with Crippen molar-refractivity contribution in [3.8, 4) is 5.75 Å². The molecule has 0 amide bonds. The quantitative estimate of drug-likeness (QED) is 0.209. The summed E-state index contributed by atoms with van der Waals surface area (Å²) < 4.78 is 25.1. The molecular formula is C32H38N4O3S. The van der Waals surface area contributed by atoms with Crippen molar-refractivity contribution in [2.24, 2.45) is 5.73 Å². The third kappa shape index (κ3) is 6.41. The lowest BCUT2D eigenvalue weighted by molar-refractivity contribution is 0.310. The van der Waals surface area contributed by atoms with E-state index in [4.69, 9.17) is 5.73 Å². The molecule has 0 unspecified atom stereocenters. The van der Waals surface area contributed by atoms with Gasteiger partial charge in [-0.15, -0.1) is 0 Å². The maximum Gasteiger partial charge on any atom is 0.178 e. The fourth-order valence-corrected chi connectivity index (χ4v) is 6.88. The summed E-state index contributed by atoms with van der Waals surface area (Å²) in [5.41, 5.74) is 11.2. The Morgan fingerprint density at radius 3 is 2.33 bits per heavy atom. The average Bonchev–Trinajstić information content (AvgIpc) is 3.68. The van der Waals surface area contributed by atoms with Crippen LogP contribution in [0.3, 0.4) is 0 Å². The number of aromatic nitrogens is 2. The molecule has 5 N–H and O–H groups in total. The second kappa shape index (κ2) is 12.3. The van der Waals surface area contributed by atoms with Crippen LogP contribution in [-0.4, -0.2) is 60.3 Å². The number of phenolic OH excluding ortho intramolecular Hbond substituents is 1. The highest BCUT2D eigenvalue weighted by molar-refractivity contribution is 7.91. The maximum atomic E-state index is 12.5. The number of nitrogens with zero attached hydrogens (tertiary/aromatic N) is 1.